The predicted octanol–water partition coefficient (Wildman–Crippen LogP) is 4.50. The number of carbonyl (C=O) groups excluding carboxylic acids is 1. The molecule has 0 aliphatic carbocycles. The Morgan fingerprint density at radius 3 is 2.90 bits per heavy atom. The molecule has 6 heteroatoms. The van der Waals surface area contributed by atoms with Crippen LogP contribution in [0.2, 0.25) is 5.02 Å². The molecule has 0 amide bonds. The van der Waals surface area contributed by atoms with Gasteiger partial charge in [-0.3, -0.25) is 0 Å². The van der Waals surface area contributed by atoms with Crippen LogP contribution in [0.4, 0.5) is 0 Å². The molecule has 2 aromatic rings. The summed E-state index contributed by atoms with van der Waals surface area (Å²) in [4.78, 5) is 16.1. The maximum Gasteiger partial charge on any atom is 0.376 e. The van der Waals surface area contributed by atoms with Gasteiger partial charge in [-0.1, -0.05) is 24.9 Å². The van der Waals surface area contributed by atoms with Crippen molar-refractivity contribution in [3.8, 4) is 11.5 Å². The maximum absolute atomic E-state index is 11.7. The van der Waals surface area contributed by atoms with Crippen LogP contribution < -0.4 is 0 Å². The predicted molar refractivity (Wildman–Crippen MR) is 80.0 cm³/mol. The summed E-state index contributed by atoms with van der Waals surface area (Å²) in [6.07, 6.45) is 1.50. The molecule has 0 atom stereocenters. The fourth-order valence-electron chi connectivity index (χ4n) is 1.79. The minimum absolute atomic E-state index is 0.149. The number of aryl methyl sites for hydroxylation is 1. The van der Waals surface area contributed by atoms with E-state index in [4.69, 9.17) is 20.8 Å². The number of hydrogen-bond acceptors (Lipinski definition) is 4. The average molecular weight is 359 g/mol. The van der Waals surface area contributed by atoms with Crippen molar-refractivity contribution in [1.82, 2.24) is 4.98 Å². The molecule has 0 aliphatic heterocycles. The van der Waals surface area contributed by atoms with E-state index in [0.29, 0.717) is 28.6 Å². The highest BCUT2D eigenvalue weighted by Crippen LogP contribution is 2.32. The Kier molecular flexibility index (Phi) is 4.83. The van der Waals surface area contributed by atoms with Gasteiger partial charge >= 0.3 is 5.97 Å². The fourth-order valence-corrected chi connectivity index (χ4v) is 2.38. The lowest BCUT2D eigenvalue weighted by molar-refractivity contribution is 0.0564. The lowest BCUT2D eigenvalue weighted by atomic mass is 10.2. The minimum atomic E-state index is -0.523. The molecule has 0 radical (unpaired) electrons. The van der Waals surface area contributed by atoms with E-state index in [0.717, 1.165) is 10.9 Å². The number of ether oxygens (including phenoxy) is 1. The number of carbonyl (C=O) groups is 1. The number of halogens is 2. The number of hydrogen-bond donors (Lipinski definition) is 0. The Labute approximate surface area is 130 Å². The Balaban J connectivity index is 2.52. The zero-order chi connectivity index (χ0) is 14.7. The molecule has 106 valence electrons. The minimum Gasteiger partial charge on any atom is -0.463 e. The van der Waals surface area contributed by atoms with E-state index in [9.17, 15) is 4.79 Å². The van der Waals surface area contributed by atoms with E-state index >= 15 is 0 Å². The summed E-state index contributed by atoms with van der Waals surface area (Å²) < 4.78 is 11.1. The lowest BCUT2D eigenvalue weighted by Crippen LogP contribution is -2.03. The lowest BCUT2D eigenvalue weighted by Gasteiger charge is -2.00. The first-order valence-electron chi connectivity index (χ1n) is 6.10. The summed E-state index contributed by atoms with van der Waals surface area (Å²) in [6, 6.07) is 5.29. The summed E-state index contributed by atoms with van der Waals surface area (Å²) >= 11 is 9.40. The van der Waals surface area contributed by atoms with E-state index in [-0.39, 0.29) is 5.76 Å². The van der Waals surface area contributed by atoms with Crippen LogP contribution in [0, 0.1) is 0 Å². The Morgan fingerprint density at radius 2 is 2.25 bits per heavy atom. The van der Waals surface area contributed by atoms with Gasteiger partial charge in [-0.25, -0.2) is 9.78 Å². The first kappa shape index (κ1) is 15.1. The molecule has 0 N–H and O–H groups in total. The molecule has 0 bridgehead atoms. The van der Waals surface area contributed by atoms with Gasteiger partial charge in [-0.05, 0) is 40.5 Å². The fraction of sp³-hybridized carbons (Fsp3) is 0.286. The maximum atomic E-state index is 11.7. The van der Waals surface area contributed by atoms with E-state index < -0.39 is 5.97 Å². The quantitative estimate of drug-likeness (QED) is 0.755. The second-order valence-electron chi connectivity index (χ2n) is 4.16. The van der Waals surface area contributed by atoms with E-state index in [1.165, 1.54) is 7.11 Å². The van der Waals surface area contributed by atoms with E-state index in [1.54, 1.807) is 18.2 Å². The normalized spacial score (nSPS) is 10.6. The van der Waals surface area contributed by atoms with Gasteiger partial charge in [0, 0.05) is 9.50 Å². The van der Waals surface area contributed by atoms with Crippen LogP contribution in [0.3, 0.4) is 0 Å². The molecule has 0 spiro atoms. The molecule has 1 heterocycles. The molecule has 4 nitrogen and oxygen atoms in total. The molecular weight excluding hydrogens is 346 g/mol. The second kappa shape index (κ2) is 6.41. The largest absolute Gasteiger partial charge is 0.463 e. The number of esters is 1. The molecule has 1 aromatic heterocycles. The number of benzene rings is 1. The molecule has 2 rings (SSSR count). The number of nitrogens with zero attached hydrogens (tertiary/aromatic N) is 1. The Morgan fingerprint density at radius 1 is 1.50 bits per heavy atom. The monoisotopic (exact) mass is 357 g/mol. The van der Waals surface area contributed by atoms with E-state index in [1.807, 2.05) is 6.92 Å². The van der Waals surface area contributed by atoms with Crippen LogP contribution in [0.25, 0.3) is 11.5 Å². The van der Waals surface area contributed by atoms with Crippen LogP contribution >= 0.6 is 27.5 Å². The Hall–Kier alpha value is -1.33. The molecular formula is C14H13BrClNO3. The summed E-state index contributed by atoms with van der Waals surface area (Å²) in [7, 11) is 1.32. The molecule has 0 saturated heterocycles. The third-order valence-corrected chi connectivity index (χ3v) is 3.64. The SMILES string of the molecule is CCCc1nc(-c2cc(Cl)ccc2Br)oc1C(=O)OC. The molecule has 0 unspecified atom stereocenters. The highest BCUT2D eigenvalue weighted by atomic mass is 79.9. The first-order chi connectivity index (χ1) is 9.56. The summed E-state index contributed by atoms with van der Waals surface area (Å²) in [6.45, 7) is 2.00. The van der Waals surface area contributed by atoms with Crippen molar-refractivity contribution in [3.05, 3.63) is 39.1 Å². The van der Waals surface area contributed by atoms with Gasteiger partial charge in [0.15, 0.2) is 0 Å². The summed E-state index contributed by atoms with van der Waals surface area (Å²) in [5.41, 5.74) is 1.30. The number of aromatic nitrogens is 1. The van der Waals surface area contributed by atoms with Gasteiger partial charge in [-0.2, -0.15) is 0 Å². The Bertz CT molecular complexity index is 639. The number of rotatable bonds is 4. The average Bonchev–Trinajstić information content (AvgIpc) is 2.85. The zero-order valence-electron chi connectivity index (χ0n) is 11.1. The molecule has 20 heavy (non-hydrogen) atoms. The van der Waals surface area contributed by atoms with Crippen LogP contribution in [0.5, 0.6) is 0 Å². The smallest absolute Gasteiger partial charge is 0.376 e. The molecule has 1 aromatic carbocycles. The first-order valence-corrected chi connectivity index (χ1v) is 7.27. The number of methoxy groups -OCH3 is 1. The standard InChI is InChI=1S/C14H13BrClNO3/c1-3-4-11-12(14(18)19-2)20-13(17-11)9-7-8(16)5-6-10(9)15/h5-7H,3-4H2,1-2H3. The van der Waals surface area contributed by atoms with Gasteiger partial charge in [0.2, 0.25) is 11.7 Å². The van der Waals surface area contributed by atoms with Crippen LogP contribution in [0.1, 0.15) is 29.6 Å². The third kappa shape index (κ3) is 3.04. The van der Waals surface area contributed by atoms with Crippen molar-refractivity contribution in [2.75, 3.05) is 7.11 Å². The molecule has 0 aliphatic rings. The topological polar surface area (TPSA) is 52.3 Å². The van der Waals surface area contributed by atoms with Crippen LogP contribution in [-0.2, 0) is 11.2 Å². The van der Waals surface area contributed by atoms with Crippen molar-refractivity contribution in [2.45, 2.75) is 19.8 Å². The van der Waals surface area contributed by atoms with Crippen molar-refractivity contribution in [1.29, 1.82) is 0 Å². The van der Waals surface area contributed by atoms with Crippen molar-refractivity contribution < 1.29 is 13.9 Å². The van der Waals surface area contributed by atoms with Gasteiger partial charge < -0.3 is 9.15 Å². The van der Waals surface area contributed by atoms with Gasteiger partial charge in [-0.15, -0.1) is 0 Å². The highest BCUT2D eigenvalue weighted by molar-refractivity contribution is 9.10. The van der Waals surface area contributed by atoms with Crippen LogP contribution in [-0.4, -0.2) is 18.1 Å². The van der Waals surface area contributed by atoms with Gasteiger partial charge in [0.05, 0.1) is 18.4 Å². The van der Waals surface area contributed by atoms with Crippen LogP contribution in [0.15, 0.2) is 27.1 Å². The van der Waals surface area contributed by atoms with Crippen molar-refractivity contribution >= 4 is 33.5 Å². The summed E-state index contributed by atoms with van der Waals surface area (Å²) in [5, 5.41) is 0.568. The zero-order valence-corrected chi connectivity index (χ0v) is 13.4. The molecule has 0 fully saturated rings. The van der Waals surface area contributed by atoms with Gasteiger partial charge in [0.1, 0.15) is 0 Å². The number of oxazole rings is 1. The third-order valence-electron chi connectivity index (χ3n) is 2.71. The summed E-state index contributed by atoms with van der Waals surface area (Å²) in [5.74, 6) is -0.0233. The second-order valence-corrected chi connectivity index (χ2v) is 5.45. The van der Waals surface area contributed by atoms with E-state index in [2.05, 4.69) is 20.9 Å². The van der Waals surface area contributed by atoms with Crippen molar-refractivity contribution in [2.24, 2.45) is 0 Å². The van der Waals surface area contributed by atoms with Gasteiger partial charge in [0.25, 0.3) is 0 Å². The van der Waals surface area contributed by atoms with Crippen molar-refractivity contribution in [3.63, 3.8) is 0 Å². The molecule has 0 saturated carbocycles. The highest BCUT2D eigenvalue weighted by Gasteiger charge is 2.22.